The topological polar surface area (TPSA) is 35.2 Å². The van der Waals surface area contributed by atoms with Crippen molar-refractivity contribution in [1.29, 1.82) is 0 Å². The largest absolute Gasteiger partial charge is 0.454 e. The minimum Gasteiger partial charge on any atom is -0.454 e. The maximum Gasteiger partial charge on any atom is 0.165 e. The van der Waals surface area contributed by atoms with E-state index in [2.05, 4.69) is 0 Å². The van der Waals surface area contributed by atoms with Crippen LogP contribution in [0, 0.1) is 11.6 Å². The van der Waals surface area contributed by atoms with Crippen molar-refractivity contribution >= 4 is 0 Å². The van der Waals surface area contributed by atoms with Gasteiger partial charge in [0.05, 0.1) is 0 Å². The molecule has 100 valence electrons. The predicted octanol–water partition coefficient (Wildman–Crippen LogP) is 3.65. The van der Waals surface area contributed by atoms with Crippen molar-refractivity contribution in [3.8, 4) is 11.5 Å². The van der Waals surface area contributed by atoms with E-state index in [9.17, 15) is 8.78 Å². The van der Waals surface area contributed by atoms with Gasteiger partial charge in [0.15, 0.2) is 11.6 Å². The van der Waals surface area contributed by atoms with Crippen LogP contribution in [-0.4, -0.2) is 6.04 Å². The second kappa shape index (κ2) is 5.80. The monoisotopic (exact) mass is 263 g/mol. The zero-order valence-corrected chi connectivity index (χ0v) is 10.6. The molecule has 0 fully saturated rings. The summed E-state index contributed by atoms with van der Waals surface area (Å²) in [7, 11) is 0. The van der Waals surface area contributed by atoms with E-state index in [-0.39, 0.29) is 11.8 Å². The Morgan fingerprint density at radius 2 is 1.84 bits per heavy atom. The summed E-state index contributed by atoms with van der Waals surface area (Å²) in [5, 5.41) is 0. The van der Waals surface area contributed by atoms with E-state index in [0.29, 0.717) is 12.2 Å². The highest BCUT2D eigenvalue weighted by Crippen LogP contribution is 2.28. The number of halogens is 2. The van der Waals surface area contributed by atoms with Crippen molar-refractivity contribution in [1.82, 2.24) is 0 Å². The lowest BCUT2D eigenvalue weighted by Crippen LogP contribution is -2.18. The molecule has 0 radical (unpaired) electrons. The Bertz CT molecular complexity index is 570. The van der Waals surface area contributed by atoms with Crippen LogP contribution in [0.2, 0.25) is 0 Å². The zero-order chi connectivity index (χ0) is 13.8. The fourth-order valence-corrected chi connectivity index (χ4v) is 1.79. The Hall–Kier alpha value is -1.94. The first kappa shape index (κ1) is 13.5. The predicted molar refractivity (Wildman–Crippen MR) is 70.2 cm³/mol. The SMILES string of the molecule is CC(N)Cc1ccccc1Oc1cc(F)ccc1F. The Morgan fingerprint density at radius 1 is 1.11 bits per heavy atom. The summed E-state index contributed by atoms with van der Waals surface area (Å²) in [6, 6.07) is 10.3. The normalized spacial score (nSPS) is 12.2. The number of rotatable bonds is 4. The molecule has 0 aliphatic heterocycles. The maximum absolute atomic E-state index is 13.5. The van der Waals surface area contributed by atoms with Crippen molar-refractivity contribution in [3.05, 3.63) is 59.7 Å². The summed E-state index contributed by atoms with van der Waals surface area (Å²) in [5.41, 5.74) is 6.61. The molecule has 1 atom stereocenters. The number of para-hydroxylation sites is 1. The first-order chi connectivity index (χ1) is 9.06. The molecule has 2 rings (SSSR count). The van der Waals surface area contributed by atoms with Gasteiger partial charge in [0, 0.05) is 12.1 Å². The third-order valence-electron chi connectivity index (χ3n) is 2.63. The van der Waals surface area contributed by atoms with E-state index in [0.717, 1.165) is 23.8 Å². The molecule has 1 unspecified atom stereocenters. The first-order valence-electron chi connectivity index (χ1n) is 6.02. The Kier molecular flexibility index (Phi) is 4.12. The molecular weight excluding hydrogens is 248 g/mol. The van der Waals surface area contributed by atoms with Gasteiger partial charge < -0.3 is 10.5 Å². The van der Waals surface area contributed by atoms with Crippen LogP contribution in [0.15, 0.2) is 42.5 Å². The molecule has 2 nitrogen and oxygen atoms in total. The molecule has 0 saturated heterocycles. The molecule has 2 aromatic rings. The Labute approximate surface area is 110 Å². The van der Waals surface area contributed by atoms with Gasteiger partial charge in [0.25, 0.3) is 0 Å². The van der Waals surface area contributed by atoms with Gasteiger partial charge in [-0.2, -0.15) is 0 Å². The van der Waals surface area contributed by atoms with Gasteiger partial charge in [0.1, 0.15) is 11.6 Å². The lowest BCUT2D eigenvalue weighted by Gasteiger charge is -2.13. The van der Waals surface area contributed by atoms with Crippen LogP contribution < -0.4 is 10.5 Å². The molecule has 2 N–H and O–H groups in total. The van der Waals surface area contributed by atoms with E-state index < -0.39 is 11.6 Å². The number of nitrogens with two attached hydrogens (primary N) is 1. The van der Waals surface area contributed by atoms with Crippen LogP contribution in [0.25, 0.3) is 0 Å². The molecule has 0 saturated carbocycles. The highest BCUT2D eigenvalue weighted by Gasteiger charge is 2.10. The van der Waals surface area contributed by atoms with Crippen molar-refractivity contribution in [2.75, 3.05) is 0 Å². The van der Waals surface area contributed by atoms with E-state index in [1.165, 1.54) is 0 Å². The third-order valence-corrected chi connectivity index (χ3v) is 2.63. The number of benzene rings is 2. The molecule has 0 bridgehead atoms. The molecule has 0 heterocycles. The summed E-state index contributed by atoms with van der Waals surface area (Å²) < 4.78 is 32.1. The quantitative estimate of drug-likeness (QED) is 0.913. The van der Waals surface area contributed by atoms with Crippen molar-refractivity contribution in [3.63, 3.8) is 0 Å². The average Bonchev–Trinajstić information content (AvgIpc) is 2.35. The van der Waals surface area contributed by atoms with Crippen LogP contribution in [0.4, 0.5) is 8.78 Å². The Morgan fingerprint density at radius 3 is 2.58 bits per heavy atom. The third kappa shape index (κ3) is 3.51. The summed E-state index contributed by atoms with van der Waals surface area (Å²) in [6.07, 6.45) is 0.604. The fourth-order valence-electron chi connectivity index (χ4n) is 1.79. The van der Waals surface area contributed by atoms with Gasteiger partial charge in [0.2, 0.25) is 0 Å². The minimum atomic E-state index is -0.600. The molecule has 0 spiro atoms. The van der Waals surface area contributed by atoms with E-state index >= 15 is 0 Å². The number of ether oxygens (including phenoxy) is 1. The molecule has 0 aliphatic rings. The van der Waals surface area contributed by atoms with Crippen molar-refractivity contribution < 1.29 is 13.5 Å². The van der Waals surface area contributed by atoms with Crippen molar-refractivity contribution in [2.24, 2.45) is 5.73 Å². The summed E-state index contributed by atoms with van der Waals surface area (Å²) in [4.78, 5) is 0. The van der Waals surface area contributed by atoms with Crippen molar-refractivity contribution in [2.45, 2.75) is 19.4 Å². The molecule has 0 amide bonds. The van der Waals surface area contributed by atoms with E-state index in [1.807, 2.05) is 19.1 Å². The molecule has 0 aromatic heterocycles. The van der Waals surface area contributed by atoms with Crippen LogP contribution in [-0.2, 0) is 6.42 Å². The van der Waals surface area contributed by atoms with E-state index in [1.54, 1.807) is 12.1 Å². The lowest BCUT2D eigenvalue weighted by molar-refractivity contribution is 0.431. The van der Waals surface area contributed by atoms with Crippen LogP contribution in [0.3, 0.4) is 0 Å². The van der Waals surface area contributed by atoms with Gasteiger partial charge in [-0.15, -0.1) is 0 Å². The lowest BCUT2D eigenvalue weighted by atomic mass is 10.1. The van der Waals surface area contributed by atoms with Crippen LogP contribution in [0.5, 0.6) is 11.5 Å². The summed E-state index contributed by atoms with van der Waals surface area (Å²) in [6.45, 7) is 1.87. The smallest absolute Gasteiger partial charge is 0.165 e. The number of hydrogen-bond acceptors (Lipinski definition) is 2. The molecule has 19 heavy (non-hydrogen) atoms. The zero-order valence-electron chi connectivity index (χ0n) is 10.6. The molecule has 4 heteroatoms. The van der Waals surface area contributed by atoms with Gasteiger partial charge in [-0.3, -0.25) is 0 Å². The summed E-state index contributed by atoms with van der Waals surface area (Å²) >= 11 is 0. The molecule has 0 aliphatic carbocycles. The highest BCUT2D eigenvalue weighted by molar-refractivity contribution is 5.38. The number of hydrogen-bond donors (Lipinski definition) is 1. The van der Waals surface area contributed by atoms with Crippen LogP contribution in [0.1, 0.15) is 12.5 Å². The molecular formula is C15H15F2NO. The van der Waals surface area contributed by atoms with E-state index in [4.69, 9.17) is 10.5 Å². The Balaban J connectivity index is 2.30. The van der Waals surface area contributed by atoms with Gasteiger partial charge >= 0.3 is 0 Å². The fraction of sp³-hybridized carbons (Fsp3) is 0.200. The average molecular weight is 263 g/mol. The first-order valence-corrected chi connectivity index (χ1v) is 6.02. The second-order valence-corrected chi connectivity index (χ2v) is 4.47. The maximum atomic E-state index is 13.5. The summed E-state index contributed by atoms with van der Waals surface area (Å²) in [5.74, 6) is -0.778. The highest BCUT2D eigenvalue weighted by atomic mass is 19.1. The standard InChI is InChI=1S/C15H15F2NO/c1-10(18)8-11-4-2-3-5-14(11)19-15-9-12(16)6-7-13(15)17/h2-7,9-10H,8,18H2,1H3. The van der Waals surface area contributed by atoms with Gasteiger partial charge in [-0.25, -0.2) is 8.78 Å². The van der Waals surface area contributed by atoms with Gasteiger partial charge in [-0.1, -0.05) is 18.2 Å². The molecule has 2 aromatic carbocycles. The van der Waals surface area contributed by atoms with Gasteiger partial charge in [-0.05, 0) is 37.1 Å². The second-order valence-electron chi connectivity index (χ2n) is 4.47. The minimum absolute atomic E-state index is 0.0397. The van der Waals surface area contributed by atoms with Crippen LogP contribution >= 0.6 is 0 Å².